The lowest BCUT2D eigenvalue weighted by molar-refractivity contribution is -0.123. The molecule has 3 aromatic rings. The number of carbonyl (C=O) groups is 1. The molecule has 1 aliphatic heterocycles. The van der Waals surface area contributed by atoms with Crippen molar-refractivity contribution in [1.29, 1.82) is 0 Å². The number of benzene rings is 3. The third kappa shape index (κ3) is 5.03. The fourth-order valence-electron chi connectivity index (χ4n) is 6.01. The zero-order chi connectivity index (χ0) is 26.6. The maximum absolute atomic E-state index is 13.4. The van der Waals surface area contributed by atoms with Crippen LogP contribution in [0.1, 0.15) is 46.3 Å². The zero-order valence-electron chi connectivity index (χ0n) is 22.6. The normalized spacial score (nSPS) is 18.3. The number of rotatable bonds is 9. The molecule has 200 valence electrons. The van der Waals surface area contributed by atoms with Crippen molar-refractivity contribution in [2.75, 3.05) is 41.5 Å². The highest BCUT2D eigenvalue weighted by atomic mass is 16.5. The molecule has 0 aromatic heterocycles. The van der Waals surface area contributed by atoms with E-state index in [2.05, 4.69) is 28.4 Å². The summed E-state index contributed by atoms with van der Waals surface area (Å²) in [6.45, 7) is 1.01. The van der Waals surface area contributed by atoms with E-state index in [0.29, 0.717) is 6.42 Å². The maximum atomic E-state index is 13.4. The fraction of sp³-hybridized carbons (Fsp3) is 0.387. The van der Waals surface area contributed by atoms with Crippen LogP contribution in [0.4, 0.5) is 0 Å². The van der Waals surface area contributed by atoms with Gasteiger partial charge in [-0.3, -0.25) is 9.69 Å². The van der Waals surface area contributed by atoms with Crippen LogP contribution in [-0.4, -0.2) is 52.3 Å². The molecule has 5 rings (SSSR count). The van der Waals surface area contributed by atoms with Gasteiger partial charge in [0.1, 0.15) is 23.0 Å². The van der Waals surface area contributed by atoms with Crippen molar-refractivity contribution in [1.82, 2.24) is 10.2 Å². The van der Waals surface area contributed by atoms with E-state index in [1.807, 2.05) is 36.4 Å². The molecule has 38 heavy (non-hydrogen) atoms. The van der Waals surface area contributed by atoms with Gasteiger partial charge in [0.05, 0.1) is 41.0 Å². The van der Waals surface area contributed by atoms with Crippen molar-refractivity contribution in [2.45, 2.75) is 37.8 Å². The summed E-state index contributed by atoms with van der Waals surface area (Å²) < 4.78 is 22.8. The Balaban J connectivity index is 1.47. The molecule has 1 aliphatic carbocycles. The summed E-state index contributed by atoms with van der Waals surface area (Å²) in [6, 6.07) is 18.1. The minimum atomic E-state index is -0.119. The van der Waals surface area contributed by atoms with Crippen LogP contribution in [-0.2, 0) is 24.1 Å². The Kier molecular flexibility index (Phi) is 7.74. The van der Waals surface area contributed by atoms with Crippen molar-refractivity contribution in [3.63, 3.8) is 0 Å². The number of nitrogens with zero attached hydrogens (tertiary/aromatic N) is 1. The van der Waals surface area contributed by atoms with Crippen LogP contribution < -0.4 is 24.3 Å². The van der Waals surface area contributed by atoms with Gasteiger partial charge >= 0.3 is 0 Å². The van der Waals surface area contributed by atoms with Gasteiger partial charge in [-0.05, 0) is 72.7 Å². The number of amides is 1. The summed E-state index contributed by atoms with van der Waals surface area (Å²) in [5.74, 6) is 3.21. The molecule has 1 N–H and O–H groups in total. The second-order valence-corrected chi connectivity index (χ2v) is 9.84. The predicted octanol–water partition coefficient (Wildman–Crippen LogP) is 4.67. The van der Waals surface area contributed by atoms with Crippen LogP contribution in [0.3, 0.4) is 0 Å². The molecule has 2 unspecified atom stereocenters. The standard InChI is InChI=1S/C31H36N2O5/c1-35-22-10-12-27(36-2)21(17-22)18-26-31-24(28(37-3)13-14-29(31)38-4)15-16-33(26)19-30(34)32-25-11-9-20-7-5-6-8-23(20)25/h5-8,10,12-14,17,25-26H,9,11,15-16,18-19H2,1-4H3,(H,32,34). The number of carbonyl (C=O) groups excluding carboxylic acids is 1. The summed E-state index contributed by atoms with van der Waals surface area (Å²) >= 11 is 0. The second-order valence-electron chi connectivity index (χ2n) is 9.84. The van der Waals surface area contributed by atoms with Gasteiger partial charge < -0.3 is 24.3 Å². The molecule has 0 radical (unpaired) electrons. The molecule has 2 aliphatic rings. The van der Waals surface area contributed by atoms with E-state index in [0.717, 1.165) is 65.5 Å². The van der Waals surface area contributed by atoms with Crippen molar-refractivity contribution in [2.24, 2.45) is 0 Å². The molecule has 3 aromatic carbocycles. The Hall–Kier alpha value is -3.71. The Morgan fingerprint density at radius 1 is 0.895 bits per heavy atom. The van der Waals surface area contributed by atoms with Crippen LogP contribution >= 0.6 is 0 Å². The SMILES string of the molecule is COc1ccc(OC)c(CC2c3c(OC)ccc(OC)c3CCN2CC(=O)NC2CCc3ccccc32)c1. The summed E-state index contributed by atoms with van der Waals surface area (Å²) in [5.41, 5.74) is 5.74. The topological polar surface area (TPSA) is 69.3 Å². The first kappa shape index (κ1) is 25.9. The van der Waals surface area contributed by atoms with Gasteiger partial charge in [0.25, 0.3) is 0 Å². The number of hydrogen-bond donors (Lipinski definition) is 1. The smallest absolute Gasteiger partial charge is 0.234 e. The highest BCUT2D eigenvalue weighted by Gasteiger charge is 2.35. The molecule has 0 saturated heterocycles. The predicted molar refractivity (Wildman–Crippen MR) is 146 cm³/mol. The molecule has 0 fully saturated rings. The van der Waals surface area contributed by atoms with Gasteiger partial charge in [-0.2, -0.15) is 0 Å². The van der Waals surface area contributed by atoms with E-state index >= 15 is 0 Å². The van der Waals surface area contributed by atoms with E-state index in [-0.39, 0.29) is 24.5 Å². The lowest BCUT2D eigenvalue weighted by atomic mass is 9.87. The van der Waals surface area contributed by atoms with E-state index in [1.54, 1.807) is 28.4 Å². The quantitative estimate of drug-likeness (QED) is 0.446. The number of methoxy groups -OCH3 is 4. The number of hydrogen-bond acceptors (Lipinski definition) is 6. The van der Waals surface area contributed by atoms with Crippen LogP contribution in [0.15, 0.2) is 54.6 Å². The molecule has 1 heterocycles. The lowest BCUT2D eigenvalue weighted by Crippen LogP contribution is -2.44. The zero-order valence-corrected chi connectivity index (χ0v) is 22.6. The first-order chi connectivity index (χ1) is 18.6. The van der Waals surface area contributed by atoms with Gasteiger partial charge in [0.2, 0.25) is 5.91 Å². The molecule has 0 spiro atoms. The van der Waals surface area contributed by atoms with Crippen LogP contribution in [0.25, 0.3) is 0 Å². The summed E-state index contributed by atoms with van der Waals surface area (Å²) in [6.07, 6.45) is 3.31. The monoisotopic (exact) mass is 516 g/mol. The molecule has 1 amide bonds. The average Bonchev–Trinajstić information content (AvgIpc) is 3.35. The number of nitrogens with one attached hydrogen (secondary N) is 1. The molecule has 0 saturated carbocycles. The van der Waals surface area contributed by atoms with Crippen molar-refractivity contribution in [3.05, 3.63) is 82.4 Å². The van der Waals surface area contributed by atoms with E-state index in [1.165, 1.54) is 11.1 Å². The summed E-state index contributed by atoms with van der Waals surface area (Å²) in [4.78, 5) is 15.7. The molecular formula is C31H36N2O5. The Bertz CT molecular complexity index is 1310. The fourth-order valence-corrected chi connectivity index (χ4v) is 6.01. The largest absolute Gasteiger partial charge is 0.497 e. The van der Waals surface area contributed by atoms with E-state index in [4.69, 9.17) is 18.9 Å². The van der Waals surface area contributed by atoms with Crippen molar-refractivity contribution in [3.8, 4) is 23.0 Å². The van der Waals surface area contributed by atoms with Gasteiger partial charge in [-0.15, -0.1) is 0 Å². The van der Waals surface area contributed by atoms with Gasteiger partial charge in [-0.25, -0.2) is 0 Å². The number of aryl methyl sites for hydroxylation is 1. The highest BCUT2D eigenvalue weighted by molar-refractivity contribution is 5.79. The first-order valence-corrected chi connectivity index (χ1v) is 13.1. The Labute approximate surface area is 224 Å². The van der Waals surface area contributed by atoms with Crippen LogP contribution in [0, 0.1) is 0 Å². The first-order valence-electron chi connectivity index (χ1n) is 13.1. The lowest BCUT2D eigenvalue weighted by Gasteiger charge is -2.38. The second kappa shape index (κ2) is 11.4. The van der Waals surface area contributed by atoms with Crippen molar-refractivity contribution >= 4 is 5.91 Å². The third-order valence-electron chi connectivity index (χ3n) is 7.85. The minimum absolute atomic E-state index is 0.0274. The Morgan fingerprint density at radius 3 is 2.39 bits per heavy atom. The van der Waals surface area contributed by atoms with E-state index < -0.39 is 0 Å². The van der Waals surface area contributed by atoms with Gasteiger partial charge in [-0.1, -0.05) is 24.3 Å². The summed E-state index contributed by atoms with van der Waals surface area (Å²) in [7, 11) is 6.72. The highest BCUT2D eigenvalue weighted by Crippen LogP contribution is 2.43. The van der Waals surface area contributed by atoms with E-state index in [9.17, 15) is 4.79 Å². The third-order valence-corrected chi connectivity index (χ3v) is 7.85. The number of fused-ring (bicyclic) bond motifs is 2. The Morgan fingerprint density at radius 2 is 1.63 bits per heavy atom. The molecule has 7 nitrogen and oxygen atoms in total. The molecular weight excluding hydrogens is 480 g/mol. The molecule has 7 heteroatoms. The van der Waals surface area contributed by atoms with Crippen LogP contribution in [0.2, 0.25) is 0 Å². The molecule has 2 atom stereocenters. The van der Waals surface area contributed by atoms with Crippen molar-refractivity contribution < 1.29 is 23.7 Å². The van der Waals surface area contributed by atoms with Crippen LogP contribution in [0.5, 0.6) is 23.0 Å². The average molecular weight is 517 g/mol. The number of ether oxygens (including phenoxy) is 4. The summed E-state index contributed by atoms with van der Waals surface area (Å²) in [5, 5.41) is 3.30. The van der Waals surface area contributed by atoms with Gasteiger partial charge in [0.15, 0.2) is 0 Å². The minimum Gasteiger partial charge on any atom is -0.497 e. The van der Waals surface area contributed by atoms with Gasteiger partial charge in [0, 0.05) is 23.7 Å². The molecule has 0 bridgehead atoms. The maximum Gasteiger partial charge on any atom is 0.234 e.